The molecule has 24 heavy (non-hydrogen) atoms. The van der Waals surface area contributed by atoms with Crippen LogP contribution in [0.4, 0.5) is 11.4 Å². The van der Waals surface area contributed by atoms with E-state index in [-0.39, 0.29) is 18.4 Å². The van der Waals surface area contributed by atoms with Crippen molar-refractivity contribution in [3.63, 3.8) is 0 Å². The minimum Gasteiger partial charge on any atom is -0.324 e. The van der Waals surface area contributed by atoms with E-state index in [1.165, 1.54) is 11.8 Å². The molecule has 4 nitrogen and oxygen atoms in total. The molecular formula is C18H18Cl2N2O2. The number of carbonyl (C=O) groups excluding carboxylic acids is 2. The second-order valence-corrected chi connectivity index (χ2v) is 6.41. The average molecular weight is 365 g/mol. The third-order valence-corrected chi connectivity index (χ3v) is 4.09. The first-order chi connectivity index (χ1) is 11.3. The highest BCUT2D eigenvalue weighted by Crippen LogP contribution is 2.29. The van der Waals surface area contributed by atoms with Crippen molar-refractivity contribution in [1.82, 2.24) is 0 Å². The molecule has 0 heterocycles. The van der Waals surface area contributed by atoms with Crippen LogP contribution in [0.5, 0.6) is 0 Å². The number of amides is 2. The van der Waals surface area contributed by atoms with Gasteiger partial charge in [-0.3, -0.25) is 9.59 Å². The van der Waals surface area contributed by atoms with Gasteiger partial charge in [-0.05, 0) is 43.7 Å². The first-order valence-electron chi connectivity index (χ1n) is 7.38. The van der Waals surface area contributed by atoms with Crippen molar-refractivity contribution in [2.75, 3.05) is 16.8 Å². The van der Waals surface area contributed by atoms with Crippen molar-refractivity contribution in [1.29, 1.82) is 0 Å². The molecule has 2 aromatic rings. The molecule has 2 rings (SSSR count). The van der Waals surface area contributed by atoms with E-state index < -0.39 is 0 Å². The molecule has 126 valence electrons. The highest BCUT2D eigenvalue weighted by molar-refractivity contribution is 6.35. The molecule has 6 heteroatoms. The lowest BCUT2D eigenvalue weighted by molar-refractivity contribution is -0.120. The van der Waals surface area contributed by atoms with E-state index in [2.05, 4.69) is 5.32 Å². The second-order valence-electron chi connectivity index (χ2n) is 5.57. The van der Waals surface area contributed by atoms with Crippen LogP contribution in [0, 0.1) is 13.8 Å². The highest BCUT2D eigenvalue weighted by Gasteiger charge is 2.19. The summed E-state index contributed by atoms with van der Waals surface area (Å²) < 4.78 is 0. The van der Waals surface area contributed by atoms with Crippen LogP contribution in [-0.4, -0.2) is 18.4 Å². The molecule has 2 amide bonds. The molecule has 0 saturated carbocycles. The molecule has 0 aliphatic rings. The van der Waals surface area contributed by atoms with Crippen LogP contribution in [0.25, 0.3) is 0 Å². The molecule has 0 atom stereocenters. The normalized spacial score (nSPS) is 10.4. The topological polar surface area (TPSA) is 49.4 Å². The lowest BCUT2D eigenvalue weighted by Gasteiger charge is -2.22. The summed E-state index contributed by atoms with van der Waals surface area (Å²) in [6.07, 6.45) is 0. The van der Waals surface area contributed by atoms with Crippen molar-refractivity contribution in [3.8, 4) is 0 Å². The summed E-state index contributed by atoms with van der Waals surface area (Å²) in [5.41, 5.74) is 3.19. The van der Waals surface area contributed by atoms with Gasteiger partial charge in [-0.15, -0.1) is 0 Å². The Hall–Kier alpha value is -2.04. The van der Waals surface area contributed by atoms with Gasteiger partial charge in [0, 0.05) is 17.6 Å². The minimum absolute atomic E-state index is 0.150. The summed E-state index contributed by atoms with van der Waals surface area (Å²) in [5.74, 6) is -0.608. The lowest BCUT2D eigenvalue weighted by Crippen LogP contribution is -2.37. The third kappa shape index (κ3) is 4.49. The summed E-state index contributed by atoms with van der Waals surface area (Å²) in [5, 5.41) is 3.61. The maximum atomic E-state index is 12.4. The summed E-state index contributed by atoms with van der Waals surface area (Å²) in [6.45, 7) is 5.13. The molecule has 0 saturated heterocycles. The Bertz CT molecular complexity index is 791. The summed E-state index contributed by atoms with van der Waals surface area (Å²) in [6, 6.07) is 10.5. The van der Waals surface area contributed by atoms with Gasteiger partial charge < -0.3 is 10.2 Å². The van der Waals surface area contributed by atoms with Crippen LogP contribution < -0.4 is 10.2 Å². The molecule has 0 aliphatic carbocycles. The van der Waals surface area contributed by atoms with E-state index in [9.17, 15) is 9.59 Å². The first-order valence-corrected chi connectivity index (χ1v) is 8.14. The number of halogens is 2. The van der Waals surface area contributed by atoms with Gasteiger partial charge in [0.15, 0.2) is 0 Å². The zero-order chi connectivity index (χ0) is 17.9. The number of hydrogen-bond donors (Lipinski definition) is 1. The van der Waals surface area contributed by atoms with E-state index in [1.54, 1.807) is 18.2 Å². The molecule has 0 spiro atoms. The van der Waals surface area contributed by atoms with E-state index in [0.29, 0.717) is 21.4 Å². The number of hydrogen-bond acceptors (Lipinski definition) is 2. The van der Waals surface area contributed by atoms with Gasteiger partial charge in [0.2, 0.25) is 11.8 Å². The Morgan fingerprint density at radius 2 is 1.79 bits per heavy atom. The fourth-order valence-electron chi connectivity index (χ4n) is 2.35. The fourth-order valence-corrected chi connectivity index (χ4v) is 2.73. The molecule has 1 N–H and O–H groups in total. The number of nitrogens with one attached hydrogen (secondary N) is 1. The fraction of sp³-hybridized carbons (Fsp3) is 0.222. The second kappa shape index (κ2) is 7.69. The minimum atomic E-state index is -0.312. The number of nitrogens with zero attached hydrogens (tertiary/aromatic N) is 1. The van der Waals surface area contributed by atoms with Gasteiger partial charge in [-0.2, -0.15) is 0 Å². The van der Waals surface area contributed by atoms with Crippen LogP contribution in [-0.2, 0) is 9.59 Å². The smallest absolute Gasteiger partial charge is 0.244 e. The molecule has 0 aromatic heterocycles. The van der Waals surface area contributed by atoms with Gasteiger partial charge in [-0.1, -0.05) is 40.9 Å². The zero-order valence-electron chi connectivity index (χ0n) is 13.7. The maximum Gasteiger partial charge on any atom is 0.244 e. The first kappa shape index (κ1) is 18.3. The standard InChI is InChI=1S/C18H18Cl2N2O2/c1-11-4-7-16(12(2)8-11)21-18(24)10-22(13(3)23)17-9-14(19)5-6-15(17)20/h4-9H,10H2,1-3H3,(H,21,24). The molecule has 0 fully saturated rings. The van der Waals surface area contributed by atoms with Gasteiger partial charge in [0.05, 0.1) is 10.7 Å². The van der Waals surface area contributed by atoms with Crippen molar-refractivity contribution >= 4 is 46.4 Å². The molecule has 0 unspecified atom stereocenters. The van der Waals surface area contributed by atoms with Crippen molar-refractivity contribution in [2.24, 2.45) is 0 Å². The number of anilines is 2. The van der Waals surface area contributed by atoms with Gasteiger partial charge >= 0.3 is 0 Å². The van der Waals surface area contributed by atoms with Gasteiger partial charge in [0.25, 0.3) is 0 Å². The molecular weight excluding hydrogens is 347 g/mol. The largest absolute Gasteiger partial charge is 0.324 e. The Balaban J connectivity index is 2.20. The number of benzene rings is 2. The monoisotopic (exact) mass is 364 g/mol. The predicted octanol–water partition coefficient (Wildman–Crippen LogP) is 4.60. The van der Waals surface area contributed by atoms with E-state index in [1.807, 2.05) is 32.0 Å². The SMILES string of the molecule is CC(=O)N(CC(=O)Nc1ccc(C)cc1C)c1cc(Cl)ccc1Cl. The average Bonchev–Trinajstić information content (AvgIpc) is 2.50. The van der Waals surface area contributed by atoms with Crippen molar-refractivity contribution < 1.29 is 9.59 Å². The molecule has 2 aromatic carbocycles. The zero-order valence-corrected chi connectivity index (χ0v) is 15.2. The molecule has 0 radical (unpaired) electrons. The van der Waals surface area contributed by atoms with E-state index in [4.69, 9.17) is 23.2 Å². The third-order valence-electron chi connectivity index (χ3n) is 3.54. The molecule has 0 aliphatic heterocycles. The predicted molar refractivity (Wildman–Crippen MR) is 99.0 cm³/mol. The van der Waals surface area contributed by atoms with Crippen molar-refractivity contribution in [3.05, 3.63) is 57.6 Å². The van der Waals surface area contributed by atoms with Crippen LogP contribution in [0.1, 0.15) is 18.1 Å². The van der Waals surface area contributed by atoms with Gasteiger partial charge in [0.1, 0.15) is 6.54 Å². The summed E-state index contributed by atoms with van der Waals surface area (Å²) >= 11 is 12.1. The number of carbonyl (C=O) groups is 2. The Labute approximate surface area is 151 Å². The van der Waals surface area contributed by atoms with E-state index in [0.717, 1.165) is 11.1 Å². The van der Waals surface area contributed by atoms with Crippen LogP contribution in [0.2, 0.25) is 10.0 Å². The Morgan fingerprint density at radius 3 is 2.42 bits per heavy atom. The van der Waals surface area contributed by atoms with Gasteiger partial charge in [-0.25, -0.2) is 0 Å². The highest BCUT2D eigenvalue weighted by atomic mass is 35.5. The van der Waals surface area contributed by atoms with E-state index >= 15 is 0 Å². The summed E-state index contributed by atoms with van der Waals surface area (Å²) in [4.78, 5) is 25.6. The Kier molecular flexibility index (Phi) is 5.86. The number of aryl methyl sites for hydroxylation is 2. The quantitative estimate of drug-likeness (QED) is 0.861. The lowest BCUT2D eigenvalue weighted by atomic mass is 10.1. The van der Waals surface area contributed by atoms with Crippen LogP contribution >= 0.6 is 23.2 Å². The van der Waals surface area contributed by atoms with Crippen molar-refractivity contribution in [2.45, 2.75) is 20.8 Å². The number of rotatable bonds is 4. The van der Waals surface area contributed by atoms with Crippen LogP contribution in [0.3, 0.4) is 0 Å². The molecule has 0 bridgehead atoms. The summed E-state index contributed by atoms with van der Waals surface area (Å²) in [7, 11) is 0. The van der Waals surface area contributed by atoms with Crippen LogP contribution in [0.15, 0.2) is 36.4 Å². The maximum absolute atomic E-state index is 12.4. The Morgan fingerprint density at radius 1 is 1.08 bits per heavy atom.